The van der Waals surface area contributed by atoms with Gasteiger partial charge in [0, 0.05) is 11.6 Å². The fraction of sp³-hybridized carbons (Fsp3) is 0.118. The molecule has 1 rings (SSSR count). The Kier molecular flexibility index (Phi) is 6.38. The first-order valence-corrected chi connectivity index (χ1v) is 6.51. The SMILES string of the molecule is C=C/C(OC)=C(\C=C\C(N)=O)/C=C/c1ccc(C(F)(F)F)cc1. The second-order valence-corrected chi connectivity index (χ2v) is 4.42. The second-order valence-electron chi connectivity index (χ2n) is 4.42. The summed E-state index contributed by atoms with van der Waals surface area (Å²) in [6.45, 7) is 3.58. The van der Waals surface area contributed by atoms with Gasteiger partial charge in [0.05, 0.1) is 12.7 Å². The number of carbonyl (C=O) groups excluding carboxylic acids is 1. The van der Waals surface area contributed by atoms with Crippen LogP contribution in [0.3, 0.4) is 0 Å². The molecule has 0 bridgehead atoms. The highest BCUT2D eigenvalue weighted by Crippen LogP contribution is 2.29. The molecule has 0 saturated heterocycles. The van der Waals surface area contributed by atoms with Crippen LogP contribution < -0.4 is 5.73 Å². The number of alkyl halides is 3. The molecule has 0 radical (unpaired) electrons. The van der Waals surface area contributed by atoms with E-state index in [1.54, 1.807) is 12.2 Å². The molecular weight excluding hydrogens is 307 g/mol. The molecule has 0 heterocycles. The molecule has 0 aromatic heterocycles. The zero-order valence-corrected chi connectivity index (χ0v) is 12.4. The largest absolute Gasteiger partial charge is 0.496 e. The molecule has 2 N–H and O–H groups in total. The molecule has 6 heteroatoms. The summed E-state index contributed by atoms with van der Waals surface area (Å²) in [5.74, 6) is -0.240. The zero-order chi connectivity index (χ0) is 17.5. The van der Waals surface area contributed by atoms with Gasteiger partial charge in [0.15, 0.2) is 0 Å². The van der Waals surface area contributed by atoms with Gasteiger partial charge in [-0.05, 0) is 29.8 Å². The molecule has 1 aromatic carbocycles. The Bertz CT molecular complexity index is 653. The van der Waals surface area contributed by atoms with Gasteiger partial charge in [-0.15, -0.1) is 0 Å². The number of methoxy groups -OCH3 is 1. The maximum atomic E-state index is 12.5. The van der Waals surface area contributed by atoms with E-state index in [2.05, 4.69) is 6.58 Å². The van der Waals surface area contributed by atoms with Crippen LogP contribution in [0.2, 0.25) is 0 Å². The molecule has 122 valence electrons. The summed E-state index contributed by atoms with van der Waals surface area (Å²) < 4.78 is 42.6. The minimum absolute atomic E-state index is 0.394. The van der Waals surface area contributed by atoms with Crippen LogP contribution >= 0.6 is 0 Å². The van der Waals surface area contributed by atoms with Crippen LogP contribution in [0.15, 0.2) is 66.5 Å². The second kappa shape index (κ2) is 8.03. The first-order valence-electron chi connectivity index (χ1n) is 6.51. The fourth-order valence-corrected chi connectivity index (χ4v) is 1.68. The lowest BCUT2D eigenvalue weighted by molar-refractivity contribution is -0.137. The molecule has 23 heavy (non-hydrogen) atoms. The van der Waals surface area contributed by atoms with Crippen molar-refractivity contribution in [2.24, 2.45) is 5.73 Å². The number of halogens is 3. The number of nitrogens with two attached hydrogens (primary N) is 1. The van der Waals surface area contributed by atoms with E-state index in [-0.39, 0.29) is 0 Å². The maximum Gasteiger partial charge on any atom is 0.416 e. The lowest BCUT2D eigenvalue weighted by Crippen LogP contribution is -2.05. The van der Waals surface area contributed by atoms with Gasteiger partial charge in [0.1, 0.15) is 5.76 Å². The van der Waals surface area contributed by atoms with Crippen molar-refractivity contribution in [2.75, 3.05) is 7.11 Å². The van der Waals surface area contributed by atoms with Gasteiger partial charge >= 0.3 is 6.18 Å². The molecule has 0 fully saturated rings. The summed E-state index contributed by atoms with van der Waals surface area (Å²) in [6, 6.07) is 4.67. The summed E-state index contributed by atoms with van der Waals surface area (Å²) in [6.07, 6.45) is 2.83. The monoisotopic (exact) mass is 323 g/mol. The van der Waals surface area contributed by atoms with E-state index in [4.69, 9.17) is 10.5 Å². The van der Waals surface area contributed by atoms with E-state index < -0.39 is 17.6 Å². The quantitative estimate of drug-likeness (QED) is 0.491. The molecule has 0 aliphatic heterocycles. The summed E-state index contributed by atoms with van der Waals surface area (Å²) in [5, 5.41) is 0. The maximum absolute atomic E-state index is 12.5. The highest BCUT2D eigenvalue weighted by Gasteiger charge is 2.29. The number of carbonyl (C=O) groups is 1. The summed E-state index contributed by atoms with van der Waals surface area (Å²) in [7, 11) is 1.43. The molecule has 1 amide bonds. The first-order chi connectivity index (χ1) is 10.8. The Morgan fingerprint density at radius 1 is 1.17 bits per heavy atom. The number of hydrogen-bond donors (Lipinski definition) is 1. The third-order valence-corrected chi connectivity index (χ3v) is 2.81. The van der Waals surface area contributed by atoms with Crippen LogP contribution in [-0.4, -0.2) is 13.0 Å². The smallest absolute Gasteiger partial charge is 0.416 e. The minimum atomic E-state index is -4.37. The van der Waals surface area contributed by atoms with E-state index in [1.165, 1.54) is 31.4 Å². The van der Waals surface area contributed by atoms with E-state index in [0.29, 0.717) is 16.9 Å². The van der Waals surface area contributed by atoms with Crippen molar-refractivity contribution >= 4 is 12.0 Å². The van der Waals surface area contributed by atoms with Gasteiger partial charge in [-0.3, -0.25) is 4.79 Å². The topological polar surface area (TPSA) is 52.3 Å². The molecule has 0 unspecified atom stereocenters. The average molecular weight is 323 g/mol. The van der Waals surface area contributed by atoms with Crippen molar-refractivity contribution in [3.63, 3.8) is 0 Å². The fourth-order valence-electron chi connectivity index (χ4n) is 1.68. The van der Waals surface area contributed by atoms with Gasteiger partial charge < -0.3 is 10.5 Å². The average Bonchev–Trinajstić information content (AvgIpc) is 2.49. The molecular formula is C17H16F3NO2. The Labute approximate surface area is 132 Å². The Morgan fingerprint density at radius 2 is 1.78 bits per heavy atom. The predicted molar refractivity (Wildman–Crippen MR) is 83.0 cm³/mol. The van der Waals surface area contributed by atoms with E-state index in [9.17, 15) is 18.0 Å². The number of hydrogen-bond acceptors (Lipinski definition) is 2. The standard InChI is InChI=1S/C17H16F3NO2/c1-3-15(23-2)13(8-11-16(21)22)7-4-12-5-9-14(10-6-12)17(18,19)20/h3-11H,1H2,2H3,(H2,21,22)/b7-4+,11-8+,15-13+. The van der Waals surface area contributed by atoms with Crippen molar-refractivity contribution in [3.8, 4) is 0 Å². The summed E-state index contributed by atoms with van der Waals surface area (Å²) in [5.41, 5.74) is 5.38. The Balaban J connectivity index is 3.08. The Hall–Kier alpha value is -2.76. The van der Waals surface area contributed by atoms with Crippen LogP contribution in [0.4, 0.5) is 13.2 Å². The van der Waals surface area contributed by atoms with E-state index in [1.807, 2.05) is 0 Å². The van der Waals surface area contributed by atoms with Crippen molar-refractivity contribution in [2.45, 2.75) is 6.18 Å². The van der Waals surface area contributed by atoms with Gasteiger partial charge in [0.25, 0.3) is 0 Å². The molecule has 0 spiro atoms. The summed E-state index contributed by atoms with van der Waals surface area (Å²) in [4.78, 5) is 10.8. The molecule has 0 atom stereocenters. The van der Waals surface area contributed by atoms with Crippen LogP contribution in [-0.2, 0) is 15.7 Å². The van der Waals surface area contributed by atoms with Crippen LogP contribution in [0, 0.1) is 0 Å². The normalized spacial score (nSPS) is 13.2. The third kappa shape index (κ3) is 5.86. The number of amides is 1. The van der Waals surface area contributed by atoms with Crippen molar-refractivity contribution < 1.29 is 22.7 Å². The van der Waals surface area contributed by atoms with Crippen molar-refractivity contribution in [1.29, 1.82) is 0 Å². The van der Waals surface area contributed by atoms with Gasteiger partial charge in [-0.2, -0.15) is 13.2 Å². The predicted octanol–water partition coefficient (Wildman–Crippen LogP) is 3.85. The zero-order valence-electron chi connectivity index (χ0n) is 12.4. The highest BCUT2D eigenvalue weighted by atomic mass is 19.4. The Morgan fingerprint density at radius 3 is 2.22 bits per heavy atom. The number of rotatable bonds is 6. The van der Waals surface area contributed by atoms with E-state index >= 15 is 0 Å². The molecule has 3 nitrogen and oxygen atoms in total. The molecule has 0 saturated carbocycles. The third-order valence-electron chi connectivity index (χ3n) is 2.81. The lowest BCUT2D eigenvalue weighted by atomic mass is 10.1. The molecule has 1 aromatic rings. The summed E-state index contributed by atoms with van der Waals surface area (Å²) >= 11 is 0. The van der Waals surface area contributed by atoms with E-state index in [0.717, 1.165) is 18.2 Å². The highest BCUT2D eigenvalue weighted by molar-refractivity contribution is 5.86. The molecule has 0 aliphatic rings. The number of ether oxygens (including phenoxy) is 1. The number of primary amides is 1. The minimum Gasteiger partial charge on any atom is -0.496 e. The molecule has 0 aliphatic carbocycles. The van der Waals surface area contributed by atoms with Crippen molar-refractivity contribution in [3.05, 3.63) is 77.6 Å². The number of allylic oxidation sites excluding steroid dienone is 4. The number of benzene rings is 1. The van der Waals surface area contributed by atoms with Crippen LogP contribution in [0.1, 0.15) is 11.1 Å². The first kappa shape index (κ1) is 18.3. The van der Waals surface area contributed by atoms with Crippen molar-refractivity contribution in [1.82, 2.24) is 0 Å². The van der Waals surface area contributed by atoms with Crippen LogP contribution in [0.5, 0.6) is 0 Å². The van der Waals surface area contributed by atoms with Gasteiger partial charge in [-0.1, -0.05) is 30.9 Å². The lowest BCUT2D eigenvalue weighted by Gasteiger charge is -2.06. The van der Waals surface area contributed by atoms with Gasteiger partial charge in [0.2, 0.25) is 5.91 Å². The van der Waals surface area contributed by atoms with Gasteiger partial charge in [-0.25, -0.2) is 0 Å². The van der Waals surface area contributed by atoms with Crippen LogP contribution in [0.25, 0.3) is 6.08 Å².